The molecule has 2 N–H and O–H groups in total. The molecule has 0 fully saturated rings. The lowest BCUT2D eigenvalue weighted by molar-refractivity contribution is -0.138. The first-order valence-corrected chi connectivity index (χ1v) is 16.4. The third-order valence-electron chi connectivity index (χ3n) is 7.19. The topological polar surface area (TPSA) is 127 Å². The van der Waals surface area contributed by atoms with E-state index in [1.807, 2.05) is 24.3 Å². The van der Waals surface area contributed by atoms with E-state index in [0.29, 0.717) is 30.9 Å². The summed E-state index contributed by atoms with van der Waals surface area (Å²) in [5.41, 5.74) is 4.04. The molecule has 41 heavy (non-hydrogen) atoms. The Morgan fingerprint density at radius 3 is 2.32 bits per heavy atom. The van der Waals surface area contributed by atoms with Crippen molar-refractivity contribution in [2.24, 2.45) is 0 Å². The summed E-state index contributed by atoms with van der Waals surface area (Å²) in [4.78, 5) is 22.3. The second-order valence-electron chi connectivity index (χ2n) is 10.6. The van der Waals surface area contributed by atoms with Gasteiger partial charge in [-0.05, 0) is 104 Å². The van der Waals surface area contributed by atoms with E-state index in [1.165, 1.54) is 11.8 Å². The van der Waals surface area contributed by atoms with Crippen LogP contribution in [0.25, 0.3) is 5.57 Å². The maximum atomic E-state index is 12.3. The minimum atomic E-state index is -3.35. The molecule has 0 aliphatic heterocycles. The van der Waals surface area contributed by atoms with Gasteiger partial charge in [-0.1, -0.05) is 31.1 Å². The van der Waals surface area contributed by atoms with E-state index in [0.717, 1.165) is 74.5 Å². The van der Waals surface area contributed by atoms with Gasteiger partial charge in [0.05, 0.1) is 18.1 Å². The van der Waals surface area contributed by atoms with E-state index in [2.05, 4.69) is 6.08 Å². The molecule has 0 spiro atoms. The highest BCUT2D eigenvalue weighted by Gasteiger charge is 2.15. The molecular formula is C32H42O8S. The van der Waals surface area contributed by atoms with Gasteiger partial charge in [0.15, 0.2) is 9.84 Å². The van der Waals surface area contributed by atoms with Crippen LogP contribution < -0.4 is 9.47 Å². The number of carboxylic acids is 2. The van der Waals surface area contributed by atoms with Gasteiger partial charge in [-0.25, -0.2) is 8.42 Å². The number of benzene rings is 2. The summed E-state index contributed by atoms with van der Waals surface area (Å²) in [6.45, 7) is 0.761. The summed E-state index contributed by atoms with van der Waals surface area (Å²) in [5, 5.41) is 18.0. The number of hydrogen-bond acceptors (Lipinski definition) is 6. The Kier molecular flexibility index (Phi) is 12.7. The molecule has 0 saturated heterocycles. The molecule has 1 aliphatic rings. The van der Waals surface area contributed by atoms with Gasteiger partial charge < -0.3 is 19.7 Å². The summed E-state index contributed by atoms with van der Waals surface area (Å²) in [6, 6.07) is 11.0. The molecule has 0 heterocycles. The highest BCUT2D eigenvalue weighted by atomic mass is 32.2. The van der Waals surface area contributed by atoms with Gasteiger partial charge in [0.25, 0.3) is 0 Å². The molecule has 0 amide bonds. The lowest BCUT2D eigenvalue weighted by Crippen LogP contribution is -2.07. The smallest absolute Gasteiger partial charge is 0.303 e. The molecule has 9 heteroatoms. The molecule has 224 valence electrons. The summed E-state index contributed by atoms with van der Waals surface area (Å²) >= 11 is 0. The van der Waals surface area contributed by atoms with Crippen molar-refractivity contribution in [2.75, 3.05) is 19.5 Å². The normalized spacial score (nSPS) is 13.4. The molecule has 8 nitrogen and oxygen atoms in total. The molecule has 2 aromatic carbocycles. The van der Waals surface area contributed by atoms with Crippen LogP contribution >= 0.6 is 0 Å². The summed E-state index contributed by atoms with van der Waals surface area (Å²) < 4.78 is 36.3. The number of rotatable bonds is 18. The predicted octanol–water partition coefficient (Wildman–Crippen LogP) is 6.49. The fraction of sp³-hybridized carbons (Fsp3) is 0.500. The van der Waals surface area contributed by atoms with Crippen LogP contribution in [0.5, 0.6) is 11.5 Å². The lowest BCUT2D eigenvalue weighted by atomic mass is 9.94. The Labute approximate surface area is 243 Å². The van der Waals surface area contributed by atoms with E-state index in [-0.39, 0.29) is 24.3 Å². The van der Waals surface area contributed by atoms with Crippen LogP contribution in [0.1, 0.15) is 87.3 Å². The second-order valence-corrected chi connectivity index (χ2v) is 12.6. The Bertz CT molecular complexity index is 1310. The maximum Gasteiger partial charge on any atom is 0.303 e. The van der Waals surface area contributed by atoms with Gasteiger partial charge in [-0.15, -0.1) is 0 Å². The van der Waals surface area contributed by atoms with Crippen molar-refractivity contribution in [1.29, 1.82) is 0 Å². The number of carbonyl (C=O) groups is 2. The third kappa shape index (κ3) is 11.2. The number of aliphatic carboxylic acids is 2. The minimum Gasteiger partial charge on any atom is -0.494 e. The molecular weight excluding hydrogens is 544 g/mol. The second kappa shape index (κ2) is 16.2. The average molecular weight is 587 g/mol. The first-order chi connectivity index (χ1) is 19.6. The number of hydrogen-bond donors (Lipinski definition) is 2. The lowest BCUT2D eigenvalue weighted by Gasteiger charge is -2.16. The highest BCUT2D eigenvalue weighted by molar-refractivity contribution is 7.90. The first kappa shape index (κ1) is 32.2. The summed E-state index contributed by atoms with van der Waals surface area (Å²) in [5.74, 6) is -0.538. The number of ether oxygens (including phenoxy) is 2. The molecule has 0 unspecified atom stereocenters. The van der Waals surface area contributed by atoms with Crippen molar-refractivity contribution in [3.05, 3.63) is 59.2 Å². The van der Waals surface area contributed by atoms with Crippen molar-refractivity contribution >= 4 is 27.3 Å². The quantitative estimate of drug-likeness (QED) is 0.190. The molecule has 0 saturated carbocycles. The van der Waals surface area contributed by atoms with E-state index in [9.17, 15) is 23.1 Å². The number of unbranched alkanes of at least 4 members (excludes halogenated alkanes) is 3. The Morgan fingerprint density at radius 2 is 1.61 bits per heavy atom. The predicted molar refractivity (Wildman–Crippen MR) is 158 cm³/mol. The zero-order chi connectivity index (χ0) is 29.7. The average Bonchev–Trinajstić information content (AvgIpc) is 2.94. The van der Waals surface area contributed by atoms with Crippen LogP contribution in [0.2, 0.25) is 0 Å². The largest absolute Gasteiger partial charge is 0.494 e. The summed E-state index contributed by atoms with van der Waals surface area (Å²) in [6.07, 6.45) is 12.9. The van der Waals surface area contributed by atoms with Crippen molar-refractivity contribution in [3.8, 4) is 11.5 Å². The third-order valence-corrected chi connectivity index (χ3v) is 8.28. The number of allylic oxidation sites excluding steroid dienone is 2. The van der Waals surface area contributed by atoms with E-state index >= 15 is 0 Å². The van der Waals surface area contributed by atoms with Gasteiger partial charge in [0.2, 0.25) is 0 Å². The molecule has 1 aliphatic carbocycles. The Morgan fingerprint density at radius 1 is 0.854 bits per heavy atom. The zero-order valence-electron chi connectivity index (χ0n) is 23.9. The van der Waals surface area contributed by atoms with Gasteiger partial charge >= 0.3 is 11.9 Å². The van der Waals surface area contributed by atoms with Gasteiger partial charge in [-0.2, -0.15) is 0 Å². The highest BCUT2D eigenvalue weighted by Crippen LogP contribution is 2.32. The number of sulfone groups is 1. The monoisotopic (exact) mass is 586 g/mol. The van der Waals surface area contributed by atoms with Crippen LogP contribution in [-0.2, 0) is 32.3 Å². The first-order valence-electron chi connectivity index (χ1n) is 14.5. The molecule has 0 bridgehead atoms. The van der Waals surface area contributed by atoms with Gasteiger partial charge in [-0.3, -0.25) is 9.59 Å². The van der Waals surface area contributed by atoms with Crippen molar-refractivity contribution in [1.82, 2.24) is 0 Å². The zero-order valence-corrected chi connectivity index (χ0v) is 24.7. The van der Waals surface area contributed by atoms with Gasteiger partial charge in [0, 0.05) is 19.1 Å². The van der Waals surface area contributed by atoms with Crippen molar-refractivity contribution in [3.63, 3.8) is 0 Å². The van der Waals surface area contributed by atoms with E-state index < -0.39 is 21.8 Å². The number of aryl methyl sites for hydroxylation is 1. The maximum absolute atomic E-state index is 12.3. The Hall–Kier alpha value is -3.33. The van der Waals surface area contributed by atoms with Crippen LogP contribution in [0, 0.1) is 0 Å². The van der Waals surface area contributed by atoms with E-state index in [4.69, 9.17) is 14.6 Å². The SMILES string of the molecule is CS(=O)(=O)c1cc(OCCCCCCc2cccc(OCCCC(=O)O)c2CCC(=O)O)cc(C2=CCCCC2)c1. The van der Waals surface area contributed by atoms with Crippen LogP contribution in [0.4, 0.5) is 0 Å². The molecule has 0 radical (unpaired) electrons. The molecule has 3 rings (SSSR count). The van der Waals surface area contributed by atoms with Crippen molar-refractivity contribution < 1.29 is 37.7 Å². The summed E-state index contributed by atoms with van der Waals surface area (Å²) in [7, 11) is -3.35. The number of carboxylic acid groups (broad SMARTS) is 2. The van der Waals surface area contributed by atoms with Gasteiger partial charge in [0.1, 0.15) is 11.5 Å². The Balaban J connectivity index is 1.51. The molecule has 0 atom stereocenters. The standard InChI is InChI=1S/C32H42O8S/c1-41(37,38)28-22-26(24-11-6-4-7-12-24)21-27(23-28)39-19-8-3-2-5-13-25-14-9-15-30(29(25)17-18-32(35)36)40-20-10-16-31(33)34/h9,11,14-15,21-23H,2-8,10,12-13,16-20H2,1H3,(H,33,34)(H,35,36). The van der Waals surface area contributed by atoms with Crippen molar-refractivity contribution in [2.45, 2.75) is 88.4 Å². The van der Waals surface area contributed by atoms with Crippen LogP contribution in [0.15, 0.2) is 47.4 Å². The molecule has 2 aromatic rings. The van der Waals surface area contributed by atoms with Crippen LogP contribution in [0.3, 0.4) is 0 Å². The molecule has 0 aromatic heterocycles. The minimum absolute atomic E-state index is 0.000626. The fourth-order valence-electron chi connectivity index (χ4n) is 5.02. The van der Waals surface area contributed by atoms with E-state index in [1.54, 1.807) is 12.1 Å². The van der Waals surface area contributed by atoms with Crippen LogP contribution in [-0.4, -0.2) is 50.0 Å². The fourth-order valence-corrected chi connectivity index (χ4v) is 5.69.